The second kappa shape index (κ2) is 4.89. The van der Waals surface area contributed by atoms with Gasteiger partial charge in [0.15, 0.2) is 0 Å². The molecule has 1 saturated carbocycles. The number of aromatic nitrogens is 2. The van der Waals surface area contributed by atoms with Gasteiger partial charge in [-0.2, -0.15) is 0 Å². The number of aromatic carboxylic acids is 1. The van der Waals surface area contributed by atoms with Crippen molar-refractivity contribution < 1.29 is 15.0 Å². The number of nitrogens with zero attached hydrogens (tertiary/aromatic N) is 2. The summed E-state index contributed by atoms with van der Waals surface area (Å²) in [6.07, 6.45) is 4.31. The van der Waals surface area contributed by atoms with Gasteiger partial charge >= 0.3 is 5.97 Å². The number of carbonyl (C=O) groups is 1. The van der Waals surface area contributed by atoms with Gasteiger partial charge < -0.3 is 15.5 Å². The summed E-state index contributed by atoms with van der Waals surface area (Å²) in [5.41, 5.74) is 0.751. The minimum absolute atomic E-state index is 0.122. The number of hydrogen-bond donors (Lipinski definition) is 3. The van der Waals surface area contributed by atoms with Crippen molar-refractivity contribution in [3.8, 4) is 0 Å². The molecule has 0 amide bonds. The van der Waals surface area contributed by atoms with E-state index in [0.29, 0.717) is 11.6 Å². The molecule has 0 unspecified atom stereocenters. The van der Waals surface area contributed by atoms with Gasteiger partial charge in [-0.1, -0.05) is 0 Å². The third-order valence-corrected chi connectivity index (χ3v) is 3.43. The largest absolute Gasteiger partial charge is 0.478 e. The Morgan fingerprint density at radius 2 is 2.28 bits per heavy atom. The lowest BCUT2D eigenvalue weighted by atomic mass is 10.0. The van der Waals surface area contributed by atoms with Crippen LogP contribution < -0.4 is 5.32 Å². The van der Waals surface area contributed by atoms with Gasteiger partial charge in [-0.25, -0.2) is 14.8 Å². The second-order valence-electron chi connectivity index (χ2n) is 4.83. The fraction of sp³-hybridized carbons (Fsp3) is 0.583. The first-order valence-corrected chi connectivity index (χ1v) is 5.98. The highest BCUT2D eigenvalue weighted by Crippen LogP contribution is 2.48. The quantitative estimate of drug-likeness (QED) is 0.699. The molecule has 0 saturated heterocycles. The maximum atomic E-state index is 10.8. The van der Waals surface area contributed by atoms with Crippen molar-refractivity contribution in [2.24, 2.45) is 5.41 Å². The molecule has 0 bridgehead atoms. The molecule has 1 heterocycles. The molecule has 1 aromatic heterocycles. The van der Waals surface area contributed by atoms with Crippen LogP contribution in [0.15, 0.2) is 6.20 Å². The van der Waals surface area contributed by atoms with E-state index in [1.54, 1.807) is 6.92 Å². The van der Waals surface area contributed by atoms with Gasteiger partial charge in [0, 0.05) is 19.3 Å². The second-order valence-corrected chi connectivity index (χ2v) is 4.83. The minimum Gasteiger partial charge on any atom is -0.478 e. The Balaban J connectivity index is 1.98. The lowest BCUT2D eigenvalue weighted by Crippen LogP contribution is -2.18. The number of rotatable bonds is 6. The van der Waals surface area contributed by atoms with Crippen molar-refractivity contribution >= 4 is 11.9 Å². The summed E-state index contributed by atoms with van der Waals surface area (Å²) in [5.74, 6) is -0.570. The number of carboxylic acids is 1. The van der Waals surface area contributed by atoms with Crippen LogP contribution in [0.2, 0.25) is 0 Å². The smallest absolute Gasteiger partial charge is 0.339 e. The average molecular weight is 251 g/mol. The first-order chi connectivity index (χ1) is 8.56. The van der Waals surface area contributed by atoms with E-state index < -0.39 is 5.97 Å². The van der Waals surface area contributed by atoms with Crippen LogP contribution in [0.4, 0.5) is 5.95 Å². The van der Waals surface area contributed by atoms with Crippen molar-refractivity contribution in [1.29, 1.82) is 0 Å². The van der Waals surface area contributed by atoms with Crippen LogP contribution in [-0.4, -0.2) is 39.3 Å². The molecule has 0 spiro atoms. The number of aryl methyl sites for hydroxylation is 1. The Kier molecular flexibility index (Phi) is 3.47. The van der Waals surface area contributed by atoms with E-state index in [-0.39, 0.29) is 17.6 Å². The van der Waals surface area contributed by atoms with Crippen LogP contribution >= 0.6 is 0 Å². The molecule has 0 atom stereocenters. The summed E-state index contributed by atoms with van der Waals surface area (Å²) in [5, 5.41) is 20.9. The molecule has 2 rings (SSSR count). The van der Waals surface area contributed by atoms with Crippen LogP contribution in [0.25, 0.3) is 0 Å². The molecular weight excluding hydrogens is 234 g/mol. The molecule has 1 aromatic rings. The Labute approximate surface area is 105 Å². The van der Waals surface area contributed by atoms with Crippen molar-refractivity contribution in [3.05, 3.63) is 17.5 Å². The van der Waals surface area contributed by atoms with E-state index in [2.05, 4.69) is 15.3 Å². The summed E-state index contributed by atoms with van der Waals surface area (Å²) in [6, 6.07) is 0. The normalized spacial score (nSPS) is 16.3. The highest BCUT2D eigenvalue weighted by molar-refractivity contribution is 5.88. The zero-order chi connectivity index (χ0) is 13.2. The van der Waals surface area contributed by atoms with E-state index in [9.17, 15) is 4.79 Å². The molecular formula is C12H17N3O3. The summed E-state index contributed by atoms with van der Waals surface area (Å²) >= 11 is 0. The first-order valence-electron chi connectivity index (χ1n) is 5.98. The van der Waals surface area contributed by atoms with Gasteiger partial charge in [-0.3, -0.25) is 0 Å². The molecule has 6 nitrogen and oxygen atoms in total. The van der Waals surface area contributed by atoms with Crippen LogP contribution in [0.3, 0.4) is 0 Å². The van der Waals surface area contributed by atoms with Crippen LogP contribution in [-0.2, 0) is 0 Å². The lowest BCUT2D eigenvalue weighted by Gasteiger charge is -2.14. The summed E-state index contributed by atoms with van der Waals surface area (Å²) in [6.45, 7) is 2.57. The van der Waals surface area contributed by atoms with Gasteiger partial charge in [-0.05, 0) is 31.6 Å². The number of hydrogen-bond acceptors (Lipinski definition) is 5. The monoisotopic (exact) mass is 251 g/mol. The first kappa shape index (κ1) is 12.8. The van der Waals surface area contributed by atoms with Gasteiger partial charge in [0.1, 0.15) is 0 Å². The van der Waals surface area contributed by atoms with E-state index in [1.807, 2.05) is 0 Å². The highest BCUT2D eigenvalue weighted by atomic mass is 16.4. The molecule has 0 aromatic carbocycles. The summed E-state index contributed by atoms with van der Waals surface area (Å²) in [7, 11) is 0. The zero-order valence-corrected chi connectivity index (χ0v) is 10.3. The Morgan fingerprint density at radius 1 is 1.56 bits per heavy atom. The van der Waals surface area contributed by atoms with Crippen molar-refractivity contribution in [2.75, 3.05) is 18.5 Å². The molecule has 98 valence electrons. The molecule has 0 radical (unpaired) electrons. The van der Waals surface area contributed by atoms with Crippen molar-refractivity contribution in [3.63, 3.8) is 0 Å². The fourth-order valence-corrected chi connectivity index (χ4v) is 1.96. The lowest BCUT2D eigenvalue weighted by molar-refractivity contribution is 0.0695. The SMILES string of the molecule is Cc1nc(NCC2(CCO)CC2)ncc1C(=O)O. The molecule has 1 aliphatic rings. The third kappa shape index (κ3) is 2.76. The van der Waals surface area contributed by atoms with Crippen molar-refractivity contribution in [1.82, 2.24) is 9.97 Å². The molecule has 18 heavy (non-hydrogen) atoms. The van der Waals surface area contributed by atoms with E-state index in [0.717, 1.165) is 25.8 Å². The third-order valence-electron chi connectivity index (χ3n) is 3.43. The number of carboxylic acid groups (broad SMARTS) is 1. The van der Waals surface area contributed by atoms with Gasteiger partial charge in [0.05, 0.1) is 11.3 Å². The topological polar surface area (TPSA) is 95.3 Å². The standard InChI is InChI=1S/C12H17N3O3/c1-8-9(10(17)18)6-13-11(15-8)14-7-12(2-3-12)4-5-16/h6,16H,2-5,7H2,1H3,(H,17,18)(H,13,14,15). The maximum absolute atomic E-state index is 10.8. The van der Waals surface area contributed by atoms with Crippen LogP contribution in [0.5, 0.6) is 0 Å². The predicted octanol–water partition coefficient (Wildman–Crippen LogP) is 1.06. The number of nitrogens with one attached hydrogen (secondary N) is 1. The zero-order valence-electron chi connectivity index (χ0n) is 10.3. The number of anilines is 1. The number of aliphatic hydroxyl groups excluding tert-OH is 1. The highest BCUT2D eigenvalue weighted by Gasteiger charge is 2.41. The van der Waals surface area contributed by atoms with E-state index >= 15 is 0 Å². The van der Waals surface area contributed by atoms with Gasteiger partial charge in [0.2, 0.25) is 5.95 Å². The number of aliphatic hydroxyl groups is 1. The Bertz CT molecular complexity index is 458. The van der Waals surface area contributed by atoms with E-state index in [1.165, 1.54) is 6.20 Å². The average Bonchev–Trinajstić information content (AvgIpc) is 3.07. The van der Waals surface area contributed by atoms with Crippen LogP contribution in [0, 0.1) is 12.3 Å². The van der Waals surface area contributed by atoms with Gasteiger partial charge in [0.25, 0.3) is 0 Å². The summed E-state index contributed by atoms with van der Waals surface area (Å²) in [4.78, 5) is 18.9. The molecule has 3 N–H and O–H groups in total. The predicted molar refractivity (Wildman–Crippen MR) is 65.6 cm³/mol. The van der Waals surface area contributed by atoms with Crippen molar-refractivity contribution in [2.45, 2.75) is 26.2 Å². The van der Waals surface area contributed by atoms with Crippen LogP contribution in [0.1, 0.15) is 35.3 Å². The molecule has 6 heteroatoms. The maximum Gasteiger partial charge on any atom is 0.339 e. The van der Waals surface area contributed by atoms with E-state index in [4.69, 9.17) is 10.2 Å². The molecule has 1 fully saturated rings. The Morgan fingerprint density at radius 3 is 2.78 bits per heavy atom. The molecule has 1 aliphatic carbocycles. The summed E-state index contributed by atoms with van der Waals surface area (Å²) < 4.78 is 0. The molecule has 0 aliphatic heterocycles. The fourth-order valence-electron chi connectivity index (χ4n) is 1.96. The minimum atomic E-state index is -1.02. The Hall–Kier alpha value is -1.69. The van der Waals surface area contributed by atoms with Gasteiger partial charge in [-0.15, -0.1) is 0 Å².